The number of hydrogen-bond donors (Lipinski definition) is 7. The molecule has 2 aliphatic heterocycles. The first-order valence-electron chi connectivity index (χ1n) is 9.96. The predicted molar refractivity (Wildman–Crippen MR) is 104 cm³/mol. The second-order valence-electron chi connectivity index (χ2n) is 7.64. The first-order valence-corrected chi connectivity index (χ1v) is 12.9. The molecule has 2 saturated heterocycles. The summed E-state index contributed by atoms with van der Waals surface area (Å²) in [7, 11) is -11.7. The van der Waals surface area contributed by atoms with Gasteiger partial charge >= 0.3 is 5.69 Å². The molecule has 0 amide bonds. The Balaban J connectivity index is 1.61. The van der Waals surface area contributed by atoms with Crippen LogP contribution in [0.3, 0.4) is 0 Å². The van der Waals surface area contributed by atoms with Gasteiger partial charge in [0, 0.05) is 12.3 Å². The fourth-order valence-corrected chi connectivity index (χ4v) is 5.42. The molecule has 0 aliphatic carbocycles. The lowest BCUT2D eigenvalue weighted by molar-refractivity contribution is -0.305. The topological polar surface area (TPSA) is 303 Å². The van der Waals surface area contributed by atoms with Crippen LogP contribution in [0.4, 0.5) is 0 Å². The number of nitrogens with one attached hydrogen (secondary N) is 1. The zero-order valence-electron chi connectivity index (χ0n) is 17.8. The van der Waals surface area contributed by atoms with Crippen LogP contribution in [-0.2, 0) is 32.0 Å². The Labute approximate surface area is 199 Å². The fraction of sp³-hybridized carbons (Fsp3) is 0.733. The van der Waals surface area contributed by atoms with Crippen LogP contribution in [0.25, 0.3) is 0 Å². The molecule has 3 rings (SSSR count). The van der Waals surface area contributed by atoms with E-state index in [1.807, 2.05) is 4.98 Å². The van der Waals surface area contributed by atoms with E-state index in [0.717, 1.165) is 12.3 Å². The number of H-pyrrole nitrogens is 1. The zero-order valence-corrected chi connectivity index (χ0v) is 19.6. The number of aliphatic hydroxyl groups excluding tert-OH is 6. The minimum Gasteiger partial charge on any atom is -0.756 e. The van der Waals surface area contributed by atoms with Crippen molar-refractivity contribution < 1.29 is 72.4 Å². The molecule has 206 valence electrons. The van der Waals surface area contributed by atoms with Crippen molar-refractivity contribution in [3.63, 3.8) is 0 Å². The van der Waals surface area contributed by atoms with Gasteiger partial charge in [-0.25, -0.2) is 9.11 Å². The molecule has 0 spiro atoms. The Morgan fingerprint density at radius 2 is 1.58 bits per heavy atom. The summed E-state index contributed by atoms with van der Waals surface area (Å²) in [5, 5.41) is 58.4. The predicted octanol–water partition coefficient (Wildman–Crippen LogP) is -6.06. The lowest BCUT2D eigenvalue weighted by atomic mass is 10.00. The molecule has 7 N–H and O–H groups in total. The first-order chi connectivity index (χ1) is 16.7. The van der Waals surface area contributed by atoms with Crippen molar-refractivity contribution in [2.45, 2.75) is 55.2 Å². The molecular formula is C15H22N2O17P2-2. The number of aromatic nitrogens is 2. The number of phosphoric acid groups is 2. The maximum absolute atomic E-state index is 12.0. The number of phosphoric ester groups is 2. The monoisotopic (exact) mass is 564 g/mol. The Kier molecular flexibility index (Phi) is 9.05. The van der Waals surface area contributed by atoms with Gasteiger partial charge in [0.2, 0.25) is 0 Å². The third kappa shape index (κ3) is 6.54. The van der Waals surface area contributed by atoms with Gasteiger partial charge in [-0.1, -0.05) is 0 Å². The van der Waals surface area contributed by atoms with Crippen molar-refractivity contribution in [1.82, 2.24) is 9.55 Å². The summed E-state index contributed by atoms with van der Waals surface area (Å²) in [5.74, 6) is 0. The van der Waals surface area contributed by atoms with E-state index in [1.54, 1.807) is 0 Å². The largest absolute Gasteiger partial charge is 0.756 e. The lowest BCUT2D eigenvalue weighted by Crippen LogP contribution is -2.59. The van der Waals surface area contributed by atoms with Gasteiger partial charge in [-0.15, -0.1) is 0 Å². The molecule has 5 unspecified atom stereocenters. The SMILES string of the molecule is O=c1ccn([C@@H]2O[C@H](COP(=O)([O-])OP(=O)([O-])O[C@@H]3OC(CO)[C@H](O)[C@H](O)C3O)C(O)[C@@H]2O)c(=O)[nH]1. The quantitative estimate of drug-likeness (QED) is 0.137. The number of aliphatic hydroxyl groups is 6. The minimum atomic E-state index is -5.90. The highest BCUT2D eigenvalue weighted by Crippen LogP contribution is 2.57. The minimum absolute atomic E-state index is 0.697. The second kappa shape index (κ2) is 11.2. The second-order valence-corrected chi connectivity index (χ2v) is 10.5. The molecule has 36 heavy (non-hydrogen) atoms. The van der Waals surface area contributed by atoms with E-state index >= 15 is 0 Å². The third-order valence-electron chi connectivity index (χ3n) is 5.14. The lowest BCUT2D eigenvalue weighted by Gasteiger charge is -2.41. The van der Waals surface area contributed by atoms with E-state index in [2.05, 4.69) is 13.4 Å². The standard InChI is InChI=1S/C15H24N2O17P2/c18-3-5-8(20)10(22)12(24)14(32-5)33-36(28,29)34-35(26,27)30-4-6-9(21)11(23)13(31-6)17-2-1-7(19)16-15(17)25/h1-2,5-6,8-14,18,20-24H,3-4H2,(H,26,27)(H,28,29)(H,16,19,25)/p-2/t5?,6-,8+,9?,10+,11+,12?,13-,14+/m1/s1. The summed E-state index contributed by atoms with van der Waals surface area (Å²) in [4.78, 5) is 48.9. The molecule has 21 heteroatoms. The van der Waals surface area contributed by atoms with E-state index in [1.165, 1.54) is 0 Å². The zero-order chi connectivity index (χ0) is 27.0. The Morgan fingerprint density at radius 1 is 0.944 bits per heavy atom. The maximum Gasteiger partial charge on any atom is 0.330 e. The highest BCUT2D eigenvalue weighted by molar-refractivity contribution is 7.59. The summed E-state index contributed by atoms with van der Waals surface area (Å²) in [5.41, 5.74) is -1.78. The molecule has 11 atom stereocenters. The number of ether oxygens (including phenoxy) is 2. The summed E-state index contributed by atoms with van der Waals surface area (Å²) < 4.78 is 47.1. The molecule has 0 radical (unpaired) electrons. The highest BCUT2D eigenvalue weighted by atomic mass is 31.3. The Morgan fingerprint density at radius 3 is 2.19 bits per heavy atom. The molecule has 0 saturated carbocycles. The van der Waals surface area contributed by atoms with Crippen molar-refractivity contribution >= 4 is 15.6 Å². The van der Waals surface area contributed by atoms with Crippen LogP contribution in [0.2, 0.25) is 0 Å². The van der Waals surface area contributed by atoms with Crippen molar-refractivity contribution in [2.24, 2.45) is 0 Å². The van der Waals surface area contributed by atoms with Crippen LogP contribution < -0.4 is 21.0 Å². The van der Waals surface area contributed by atoms with E-state index < -0.39 is 95.4 Å². The van der Waals surface area contributed by atoms with E-state index in [0.29, 0.717) is 4.57 Å². The molecule has 19 nitrogen and oxygen atoms in total. The fourth-order valence-electron chi connectivity index (χ4n) is 3.34. The van der Waals surface area contributed by atoms with Crippen LogP contribution >= 0.6 is 15.6 Å². The van der Waals surface area contributed by atoms with Gasteiger partial charge in [-0.05, 0) is 0 Å². The summed E-state index contributed by atoms with van der Waals surface area (Å²) in [6, 6.07) is 0.911. The van der Waals surface area contributed by atoms with Crippen molar-refractivity contribution in [3.8, 4) is 0 Å². The number of hydrogen-bond acceptors (Lipinski definition) is 17. The normalized spacial score (nSPS) is 38.4. The molecule has 1 aromatic heterocycles. The van der Waals surface area contributed by atoms with Gasteiger partial charge in [0.25, 0.3) is 21.2 Å². The van der Waals surface area contributed by atoms with Crippen molar-refractivity contribution in [2.75, 3.05) is 13.2 Å². The van der Waals surface area contributed by atoms with Crippen LogP contribution in [0.15, 0.2) is 21.9 Å². The smallest absolute Gasteiger partial charge is 0.330 e. The number of aromatic amines is 1. The third-order valence-corrected chi connectivity index (χ3v) is 7.67. The first kappa shape index (κ1) is 29.2. The average molecular weight is 564 g/mol. The van der Waals surface area contributed by atoms with E-state index in [4.69, 9.17) is 14.6 Å². The van der Waals surface area contributed by atoms with Crippen LogP contribution in [0.5, 0.6) is 0 Å². The maximum atomic E-state index is 12.0. The van der Waals surface area contributed by atoms with E-state index in [-0.39, 0.29) is 0 Å². The van der Waals surface area contributed by atoms with Crippen LogP contribution in [0.1, 0.15) is 6.23 Å². The van der Waals surface area contributed by atoms with Gasteiger partial charge in [0.05, 0.1) is 13.2 Å². The van der Waals surface area contributed by atoms with Crippen LogP contribution in [-0.4, -0.2) is 102 Å². The van der Waals surface area contributed by atoms with Gasteiger partial charge in [-0.2, -0.15) is 0 Å². The van der Waals surface area contributed by atoms with Gasteiger partial charge in [-0.3, -0.25) is 28.0 Å². The number of rotatable bonds is 9. The molecule has 3 heterocycles. The van der Waals surface area contributed by atoms with E-state index in [9.17, 15) is 54.0 Å². The molecular weight excluding hydrogens is 542 g/mol. The molecule has 0 aromatic carbocycles. The molecule has 0 bridgehead atoms. The molecule has 2 aliphatic rings. The number of nitrogens with zero attached hydrogens (tertiary/aromatic N) is 1. The molecule has 1 aromatic rings. The van der Waals surface area contributed by atoms with Crippen molar-refractivity contribution in [1.29, 1.82) is 0 Å². The summed E-state index contributed by atoms with van der Waals surface area (Å²) in [6.07, 6.45) is -15.8. The summed E-state index contributed by atoms with van der Waals surface area (Å²) >= 11 is 0. The summed E-state index contributed by atoms with van der Waals surface area (Å²) in [6.45, 7) is -2.05. The average Bonchev–Trinajstić information content (AvgIpc) is 3.06. The van der Waals surface area contributed by atoms with Gasteiger partial charge in [0.15, 0.2) is 12.5 Å². The van der Waals surface area contributed by atoms with Gasteiger partial charge in [0.1, 0.15) is 42.7 Å². The Hall–Kier alpha value is -1.38. The van der Waals surface area contributed by atoms with Crippen molar-refractivity contribution in [3.05, 3.63) is 33.1 Å². The molecule has 2 fully saturated rings. The Bertz CT molecular complexity index is 1120. The highest BCUT2D eigenvalue weighted by Gasteiger charge is 2.47. The van der Waals surface area contributed by atoms with Crippen LogP contribution in [0, 0.1) is 0 Å². The van der Waals surface area contributed by atoms with Gasteiger partial charge < -0.3 is 54.4 Å².